The van der Waals surface area contributed by atoms with Crippen molar-refractivity contribution < 1.29 is 9.21 Å². The van der Waals surface area contributed by atoms with Gasteiger partial charge in [-0.3, -0.25) is 4.79 Å². The number of thioether (sulfide) groups is 1. The fraction of sp³-hybridized carbons (Fsp3) is 0.190. The molecule has 0 unspecified atom stereocenters. The maximum atomic E-state index is 13.4. The van der Waals surface area contributed by atoms with Crippen molar-refractivity contribution in [1.29, 1.82) is 0 Å². The van der Waals surface area contributed by atoms with Crippen molar-refractivity contribution in [2.75, 3.05) is 0 Å². The predicted octanol–water partition coefficient (Wildman–Crippen LogP) is 5.14. The summed E-state index contributed by atoms with van der Waals surface area (Å²) in [5.74, 6) is 1.10. The molecule has 2 aromatic heterocycles. The number of Topliss-reactive ketones (excluding diaryl/α,β-unsaturated/α-hetero) is 1. The molecular formula is C21H17N3O2S. The Kier molecular flexibility index (Phi) is 4.05. The first kappa shape index (κ1) is 16.3. The minimum Gasteiger partial charge on any atom is -0.416 e. The van der Waals surface area contributed by atoms with Gasteiger partial charge in [0.15, 0.2) is 5.78 Å². The van der Waals surface area contributed by atoms with E-state index in [0.717, 1.165) is 29.3 Å². The van der Waals surface area contributed by atoms with E-state index in [1.54, 1.807) is 6.20 Å². The zero-order chi connectivity index (χ0) is 18.2. The summed E-state index contributed by atoms with van der Waals surface area (Å²) in [5, 5.41) is 9.22. The normalized spacial score (nSPS) is 15.1. The molecule has 4 aromatic rings. The van der Waals surface area contributed by atoms with Crippen LogP contribution in [0.2, 0.25) is 0 Å². The number of ketones is 1. The lowest BCUT2D eigenvalue weighted by Gasteiger charge is -2.13. The first-order chi connectivity index (χ1) is 13.3. The van der Waals surface area contributed by atoms with Crippen molar-refractivity contribution in [3.8, 4) is 0 Å². The number of carbonyl (C=O) groups excluding carboxylic acids is 1. The van der Waals surface area contributed by atoms with Crippen LogP contribution < -0.4 is 0 Å². The van der Waals surface area contributed by atoms with Crippen molar-refractivity contribution in [2.24, 2.45) is 0 Å². The molecule has 1 atom stereocenters. The fourth-order valence-electron chi connectivity index (χ4n) is 3.18. The summed E-state index contributed by atoms with van der Waals surface area (Å²) < 4.78 is 5.80. The van der Waals surface area contributed by atoms with Crippen LogP contribution in [0.1, 0.15) is 45.8 Å². The molecule has 27 heavy (non-hydrogen) atoms. The van der Waals surface area contributed by atoms with Gasteiger partial charge in [-0.2, -0.15) is 0 Å². The molecule has 0 saturated heterocycles. The standard InChI is InChI=1S/C21H17N3O2S/c25-18(16-12-22-17-9-5-4-8-15(16)17)19(13-6-2-1-3-7-13)27-21-24-23-20(26-21)14-10-11-14/h1-9,12,14,19,22H,10-11H2/t19-/m1/s1. The summed E-state index contributed by atoms with van der Waals surface area (Å²) in [6.07, 6.45) is 3.98. The fourth-order valence-corrected chi connectivity index (χ4v) is 4.13. The lowest BCUT2D eigenvalue weighted by Crippen LogP contribution is -2.09. The number of aromatic nitrogens is 3. The Hall–Kier alpha value is -2.86. The summed E-state index contributed by atoms with van der Waals surface area (Å²) in [6.45, 7) is 0. The number of para-hydroxylation sites is 1. The summed E-state index contributed by atoms with van der Waals surface area (Å²) >= 11 is 1.32. The van der Waals surface area contributed by atoms with E-state index in [0.29, 0.717) is 22.6 Å². The zero-order valence-corrected chi connectivity index (χ0v) is 15.3. The predicted molar refractivity (Wildman–Crippen MR) is 104 cm³/mol. The number of hydrogen-bond donors (Lipinski definition) is 1. The van der Waals surface area contributed by atoms with Gasteiger partial charge in [-0.05, 0) is 36.2 Å². The van der Waals surface area contributed by atoms with Gasteiger partial charge in [0.05, 0.1) is 0 Å². The summed E-state index contributed by atoms with van der Waals surface area (Å²) in [7, 11) is 0. The topological polar surface area (TPSA) is 71.8 Å². The third-order valence-electron chi connectivity index (χ3n) is 4.76. The van der Waals surface area contributed by atoms with Crippen molar-refractivity contribution in [1.82, 2.24) is 15.2 Å². The molecule has 1 N–H and O–H groups in total. The maximum absolute atomic E-state index is 13.4. The van der Waals surface area contributed by atoms with Crippen LogP contribution in [0.25, 0.3) is 10.9 Å². The monoisotopic (exact) mass is 375 g/mol. The Bertz CT molecular complexity index is 1100. The van der Waals surface area contributed by atoms with Gasteiger partial charge in [0.2, 0.25) is 5.89 Å². The number of nitrogens with one attached hydrogen (secondary N) is 1. The Labute approximate surface area is 160 Å². The van der Waals surface area contributed by atoms with Gasteiger partial charge >= 0.3 is 0 Å². The quantitative estimate of drug-likeness (QED) is 0.373. The van der Waals surface area contributed by atoms with E-state index in [4.69, 9.17) is 4.42 Å². The number of H-pyrrole nitrogens is 1. The van der Waals surface area contributed by atoms with Crippen molar-refractivity contribution in [2.45, 2.75) is 29.2 Å². The number of carbonyl (C=O) groups is 1. The smallest absolute Gasteiger partial charge is 0.277 e. The molecule has 2 aromatic carbocycles. The van der Waals surface area contributed by atoms with Gasteiger partial charge in [-0.1, -0.05) is 48.5 Å². The van der Waals surface area contributed by atoms with E-state index in [9.17, 15) is 4.79 Å². The molecule has 2 heterocycles. The summed E-state index contributed by atoms with van der Waals surface area (Å²) in [4.78, 5) is 16.6. The van der Waals surface area contributed by atoms with Crippen LogP contribution in [0.5, 0.6) is 0 Å². The highest BCUT2D eigenvalue weighted by atomic mass is 32.2. The van der Waals surface area contributed by atoms with Crippen LogP contribution in [0.3, 0.4) is 0 Å². The van der Waals surface area contributed by atoms with Gasteiger partial charge < -0.3 is 9.40 Å². The minimum atomic E-state index is -0.446. The lowest BCUT2D eigenvalue weighted by molar-refractivity contribution is 0.0990. The van der Waals surface area contributed by atoms with Crippen LogP contribution in [-0.2, 0) is 0 Å². The minimum absolute atomic E-state index is 0.0230. The van der Waals surface area contributed by atoms with E-state index in [2.05, 4.69) is 15.2 Å². The van der Waals surface area contributed by atoms with E-state index >= 15 is 0 Å². The average molecular weight is 375 g/mol. The first-order valence-corrected chi connectivity index (χ1v) is 9.83. The number of nitrogens with zero attached hydrogens (tertiary/aromatic N) is 2. The van der Waals surface area contributed by atoms with Crippen LogP contribution in [-0.4, -0.2) is 21.0 Å². The second-order valence-corrected chi connectivity index (χ2v) is 7.76. The highest BCUT2D eigenvalue weighted by Gasteiger charge is 2.31. The Morgan fingerprint density at radius 3 is 2.67 bits per heavy atom. The van der Waals surface area contributed by atoms with Crippen molar-refractivity contribution in [3.05, 3.63) is 77.8 Å². The Morgan fingerprint density at radius 1 is 1.07 bits per heavy atom. The molecule has 1 aliphatic rings. The zero-order valence-electron chi connectivity index (χ0n) is 14.5. The number of rotatable bonds is 6. The van der Waals surface area contributed by atoms with Gasteiger partial charge in [-0.15, -0.1) is 10.2 Å². The molecule has 5 rings (SSSR count). The Morgan fingerprint density at radius 2 is 1.85 bits per heavy atom. The largest absolute Gasteiger partial charge is 0.416 e. The van der Waals surface area contributed by atoms with Crippen LogP contribution in [0.4, 0.5) is 0 Å². The second-order valence-electron chi connectivity index (χ2n) is 6.70. The molecule has 0 radical (unpaired) electrons. The molecule has 0 aliphatic heterocycles. The van der Waals surface area contributed by atoms with Gasteiger partial charge in [0.25, 0.3) is 5.22 Å². The Balaban J connectivity index is 1.51. The highest BCUT2D eigenvalue weighted by Crippen LogP contribution is 2.42. The molecule has 5 nitrogen and oxygen atoms in total. The van der Waals surface area contributed by atoms with Crippen LogP contribution in [0, 0.1) is 0 Å². The molecule has 6 heteroatoms. The molecule has 0 spiro atoms. The van der Waals surface area contributed by atoms with E-state index in [1.165, 1.54) is 11.8 Å². The third-order valence-corrected chi connectivity index (χ3v) is 5.85. The molecule has 1 saturated carbocycles. The molecule has 1 aliphatic carbocycles. The summed E-state index contributed by atoms with van der Waals surface area (Å²) in [6, 6.07) is 17.6. The third kappa shape index (κ3) is 3.17. The summed E-state index contributed by atoms with van der Waals surface area (Å²) in [5.41, 5.74) is 2.55. The highest BCUT2D eigenvalue weighted by molar-refractivity contribution is 8.00. The SMILES string of the molecule is O=C(c1c[nH]c2ccccc12)[C@H](Sc1nnc(C2CC2)o1)c1ccccc1. The molecule has 1 fully saturated rings. The van der Waals surface area contributed by atoms with Gasteiger partial charge in [0.1, 0.15) is 5.25 Å². The molecular weight excluding hydrogens is 358 g/mol. The van der Waals surface area contributed by atoms with Crippen molar-refractivity contribution >= 4 is 28.4 Å². The van der Waals surface area contributed by atoms with Crippen LogP contribution >= 0.6 is 11.8 Å². The van der Waals surface area contributed by atoms with Gasteiger partial charge in [0, 0.05) is 28.6 Å². The number of benzene rings is 2. The van der Waals surface area contributed by atoms with E-state index in [1.807, 2.05) is 54.6 Å². The number of hydrogen-bond acceptors (Lipinski definition) is 5. The molecule has 0 bridgehead atoms. The number of fused-ring (bicyclic) bond motifs is 1. The lowest BCUT2D eigenvalue weighted by atomic mass is 10.0. The molecule has 134 valence electrons. The average Bonchev–Trinajstić information content (AvgIpc) is 3.30. The van der Waals surface area contributed by atoms with Gasteiger partial charge in [-0.25, -0.2) is 0 Å². The van der Waals surface area contributed by atoms with Crippen molar-refractivity contribution in [3.63, 3.8) is 0 Å². The number of aromatic amines is 1. The maximum Gasteiger partial charge on any atom is 0.277 e. The van der Waals surface area contributed by atoms with E-state index in [-0.39, 0.29) is 5.78 Å². The first-order valence-electron chi connectivity index (χ1n) is 8.95. The van der Waals surface area contributed by atoms with Crippen LogP contribution in [0.15, 0.2) is 70.4 Å². The second kappa shape index (κ2) is 6.70. The van der Waals surface area contributed by atoms with E-state index < -0.39 is 5.25 Å². The molecule has 0 amide bonds.